The zero-order valence-corrected chi connectivity index (χ0v) is 19.1. The van der Waals surface area contributed by atoms with Crippen molar-refractivity contribution in [3.63, 3.8) is 0 Å². The van der Waals surface area contributed by atoms with Gasteiger partial charge in [-0.25, -0.2) is 4.98 Å². The zero-order valence-electron chi connectivity index (χ0n) is 19.1. The molecule has 32 heavy (non-hydrogen) atoms. The Hall–Kier alpha value is -2.67. The number of hydrogen-bond donors (Lipinski definition) is 1. The lowest BCUT2D eigenvalue weighted by molar-refractivity contribution is -0.128. The highest BCUT2D eigenvalue weighted by atomic mass is 16.2. The first-order valence-electron chi connectivity index (χ1n) is 12.0. The van der Waals surface area contributed by atoms with Crippen molar-refractivity contribution in [1.82, 2.24) is 19.8 Å². The molecule has 2 amide bonds. The van der Waals surface area contributed by atoms with Gasteiger partial charge in [-0.15, -0.1) is 0 Å². The monoisotopic (exact) mass is 437 g/mol. The van der Waals surface area contributed by atoms with E-state index in [2.05, 4.69) is 28.3 Å². The number of fused-ring (bicyclic) bond motifs is 1. The normalized spacial score (nSPS) is 17.4. The van der Waals surface area contributed by atoms with Crippen molar-refractivity contribution in [3.05, 3.63) is 48.5 Å². The van der Waals surface area contributed by atoms with Crippen molar-refractivity contribution < 1.29 is 9.59 Å². The molecule has 0 saturated heterocycles. The second-order valence-corrected chi connectivity index (χ2v) is 9.07. The average Bonchev–Trinajstić information content (AvgIpc) is 3.50. The van der Waals surface area contributed by atoms with Crippen LogP contribution in [0.2, 0.25) is 0 Å². The molecule has 1 saturated carbocycles. The van der Waals surface area contributed by atoms with Gasteiger partial charge in [0.25, 0.3) is 5.91 Å². The lowest BCUT2D eigenvalue weighted by Gasteiger charge is -2.31. The Morgan fingerprint density at radius 1 is 1.22 bits per heavy atom. The van der Waals surface area contributed by atoms with Crippen LogP contribution in [0, 0.1) is 0 Å². The Morgan fingerprint density at radius 2 is 2.03 bits per heavy atom. The van der Waals surface area contributed by atoms with E-state index < -0.39 is 6.04 Å². The van der Waals surface area contributed by atoms with Crippen molar-refractivity contribution in [2.75, 3.05) is 31.6 Å². The molecule has 1 aromatic heterocycles. The standard InChI is InChI=1S/C25H35N5O2/c1-28(21-9-3-2-4-10-21)15-7-13-27-24(31)18-23(29-17-14-26-19-29)25(32)30-16-12-20-8-5-6-11-22(20)30/h5-6,8,11,14,17,19,21,23H,2-4,7,9-10,12-13,15-16,18H2,1H3,(H,27,31)/t23-/m1/s1. The van der Waals surface area contributed by atoms with Crippen LogP contribution in [0.15, 0.2) is 43.0 Å². The van der Waals surface area contributed by atoms with E-state index in [9.17, 15) is 9.59 Å². The number of rotatable bonds is 9. The van der Waals surface area contributed by atoms with Crippen molar-refractivity contribution in [2.45, 2.75) is 63.5 Å². The van der Waals surface area contributed by atoms with Crippen LogP contribution >= 0.6 is 0 Å². The molecule has 1 fully saturated rings. The number of imidazole rings is 1. The molecule has 0 unspecified atom stereocenters. The van der Waals surface area contributed by atoms with Gasteiger partial charge < -0.3 is 19.7 Å². The Morgan fingerprint density at radius 3 is 2.81 bits per heavy atom. The second-order valence-electron chi connectivity index (χ2n) is 9.07. The topological polar surface area (TPSA) is 70.5 Å². The largest absolute Gasteiger partial charge is 0.356 e. The minimum absolute atomic E-state index is 0.0554. The van der Waals surface area contributed by atoms with Crippen LogP contribution in [0.3, 0.4) is 0 Å². The fourth-order valence-electron chi connectivity index (χ4n) is 5.03. The van der Waals surface area contributed by atoms with Gasteiger partial charge in [-0.2, -0.15) is 0 Å². The van der Waals surface area contributed by atoms with Gasteiger partial charge in [0.1, 0.15) is 6.04 Å². The summed E-state index contributed by atoms with van der Waals surface area (Å²) >= 11 is 0. The maximum atomic E-state index is 13.4. The van der Waals surface area contributed by atoms with Gasteiger partial charge in [0.2, 0.25) is 5.91 Å². The number of nitrogens with zero attached hydrogens (tertiary/aromatic N) is 4. The lowest BCUT2D eigenvalue weighted by Crippen LogP contribution is -2.39. The minimum atomic E-state index is -0.589. The Balaban J connectivity index is 1.30. The minimum Gasteiger partial charge on any atom is -0.356 e. The van der Waals surface area contributed by atoms with Crippen LogP contribution in [0.25, 0.3) is 0 Å². The summed E-state index contributed by atoms with van der Waals surface area (Å²) in [6.07, 6.45) is 13.5. The number of nitrogens with one attached hydrogen (secondary N) is 1. The Kier molecular flexibility index (Phi) is 7.58. The van der Waals surface area contributed by atoms with E-state index in [4.69, 9.17) is 0 Å². The molecule has 1 N–H and O–H groups in total. The molecule has 1 aliphatic heterocycles. The second kappa shape index (κ2) is 10.8. The third kappa shape index (κ3) is 5.38. The average molecular weight is 438 g/mol. The molecule has 7 heteroatoms. The molecule has 4 rings (SSSR count). The molecule has 7 nitrogen and oxygen atoms in total. The number of hydrogen-bond acceptors (Lipinski definition) is 4. The van der Waals surface area contributed by atoms with Crippen molar-refractivity contribution in [1.29, 1.82) is 0 Å². The predicted octanol–water partition coefficient (Wildman–Crippen LogP) is 3.17. The van der Waals surface area contributed by atoms with E-state index in [1.807, 2.05) is 23.1 Å². The summed E-state index contributed by atoms with van der Waals surface area (Å²) in [5.74, 6) is -0.148. The number of benzene rings is 1. The van der Waals surface area contributed by atoms with E-state index in [0.29, 0.717) is 19.1 Å². The highest BCUT2D eigenvalue weighted by Gasteiger charge is 2.32. The van der Waals surface area contributed by atoms with Gasteiger partial charge in [-0.05, 0) is 50.9 Å². The number of carbonyl (C=O) groups is 2. The van der Waals surface area contributed by atoms with Crippen LogP contribution in [-0.4, -0.2) is 59.0 Å². The fraction of sp³-hybridized carbons (Fsp3) is 0.560. The van der Waals surface area contributed by atoms with Crippen LogP contribution in [-0.2, 0) is 16.0 Å². The summed E-state index contributed by atoms with van der Waals surface area (Å²) in [6.45, 7) is 2.27. The Bertz CT molecular complexity index is 891. The van der Waals surface area contributed by atoms with Crippen LogP contribution in [0.4, 0.5) is 5.69 Å². The van der Waals surface area contributed by atoms with Gasteiger partial charge in [0.15, 0.2) is 0 Å². The zero-order chi connectivity index (χ0) is 22.3. The molecule has 2 aliphatic rings. The summed E-state index contributed by atoms with van der Waals surface area (Å²) in [5, 5.41) is 3.03. The van der Waals surface area contributed by atoms with Crippen LogP contribution < -0.4 is 10.2 Å². The first-order valence-corrected chi connectivity index (χ1v) is 12.0. The number of anilines is 1. The maximum absolute atomic E-state index is 13.4. The molecule has 1 atom stereocenters. The maximum Gasteiger partial charge on any atom is 0.250 e. The summed E-state index contributed by atoms with van der Waals surface area (Å²) in [6, 6.07) is 8.09. The van der Waals surface area contributed by atoms with E-state index >= 15 is 0 Å². The SMILES string of the molecule is CN(CCCNC(=O)C[C@H](C(=O)N1CCc2ccccc21)n1ccnc1)C1CCCCC1. The molecule has 2 heterocycles. The summed E-state index contributed by atoms with van der Waals surface area (Å²) < 4.78 is 1.75. The number of amides is 2. The van der Waals surface area contributed by atoms with Crippen LogP contribution in [0.5, 0.6) is 0 Å². The van der Waals surface area contributed by atoms with E-state index in [-0.39, 0.29) is 18.2 Å². The first-order chi connectivity index (χ1) is 15.6. The van der Waals surface area contributed by atoms with Crippen molar-refractivity contribution >= 4 is 17.5 Å². The van der Waals surface area contributed by atoms with E-state index in [1.165, 1.54) is 37.7 Å². The van der Waals surface area contributed by atoms with Gasteiger partial charge in [-0.1, -0.05) is 37.5 Å². The quantitative estimate of drug-likeness (QED) is 0.612. The third-order valence-corrected chi connectivity index (χ3v) is 6.91. The smallest absolute Gasteiger partial charge is 0.250 e. The molecule has 172 valence electrons. The summed E-state index contributed by atoms with van der Waals surface area (Å²) in [5.41, 5.74) is 2.13. The highest BCUT2D eigenvalue weighted by Crippen LogP contribution is 2.30. The molecule has 0 radical (unpaired) electrons. The molecular weight excluding hydrogens is 402 g/mol. The highest BCUT2D eigenvalue weighted by molar-refractivity contribution is 6.00. The first kappa shape index (κ1) is 22.5. The molecule has 1 aliphatic carbocycles. The number of aromatic nitrogens is 2. The van der Waals surface area contributed by atoms with Crippen molar-refractivity contribution in [2.24, 2.45) is 0 Å². The fourth-order valence-corrected chi connectivity index (χ4v) is 5.03. The summed E-state index contributed by atoms with van der Waals surface area (Å²) in [7, 11) is 2.19. The summed E-state index contributed by atoms with van der Waals surface area (Å²) in [4.78, 5) is 34.5. The Labute approximate surface area is 190 Å². The molecule has 0 spiro atoms. The van der Waals surface area contributed by atoms with Gasteiger partial charge in [0, 0.05) is 37.2 Å². The van der Waals surface area contributed by atoms with E-state index in [1.54, 1.807) is 23.3 Å². The number of para-hydroxylation sites is 1. The third-order valence-electron chi connectivity index (χ3n) is 6.91. The molecule has 0 bridgehead atoms. The van der Waals surface area contributed by atoms with Gasteiger partial charge in [-0.3, -0.25) is 9.59 Å². The number of carbonyl (C=O) groups excluding carboxylic acids is 2. The predicted molar refractivity (Wildman–Crippen MR) is 126 cm³/mol. The molecular formula is C25H35N5O2. The van der Waals surface area contributed by atoms with Crippen LogP contribution in [0.1, 0.15) is 56.6 Å². The molecule has 2 aromatic rings. The van der Waals surface area contributed by atoms with E-state index in [0.717, 1.165) is 25.1 Å². The molecule has 1 aromatic carbocycles. The van der Waals surface area contributed by atoms with Crippen molar-refractivity contribution in [3.8, 4) is 0 Å². The van der Waals surface area contributed by atoms with Gasteiger partial charge in [0.05, 0.1) is 12.7 Å². The lowest BCUT2D eigenvalue weighted by atomic mass is 9.94. The van der Waals surface area contributed by atoms with Gasteiger partial charge >= 0.3 is 0 Å².